The van der Waals surface area contributed by atoms with E-state index in [9.17, 15) is 22.8 Å². The number of alkyl halides is 3. The number of rotatable bonds is 2. The van der Waals surface area contributed by atoms with E-state index < -0.39 is 36.1 Å². The molecule has 1 aliphatic carbocycles. The Labute approximate surface area is 109 Å². The average molecular weight is 278 g/mol. The number of hydrogen-bond donors (Lipinski definition) is 1. The first-order valence-corrected chi connectivity index (χ1v) is 6.49. The van der Waals surface area contributed by atoms with Gasteiger partial charge in [-0.05, 0) is 19.3 Å². The van der Waals surface area contributed by atoms with Crippen LogP contribution in [0.15, 0.2) is 0 Å². The third-order valence-corrected chi connectivity index (χ3v) is 3.91. The van der Waals surface area contributed by atoms with E-state index in [0.717, 1.165) is 12.8 Å². The molecule has 2 aliphatic rings. The smallest absolute Gasteiger partial charge is 0.340 e. The van der Waals surface area contributed by atoms with E-state index in [1.54, 1.807) is 6.92 Å². The summed E-state index contributed by atoms with van der Waals surface area (Å²) in [5.41, 5.74) is -1.09. The first kappa shape index (κ1) is 14.1. The highest BCUT2D eigenvalue weighted by atomic mass is 19.4. The second-order valence-corrected chi connectivity index (χ2v) is 5.25. The molecule has 2 fully saturated rings. The van der Waals surface area contributed by atoms with Crippen LogP contribution in [-0.4, -0.2) is 41.0 Å². The minimum Gasteiger partial charge on any atom is -0.340 e. The van der Waals surface area contributed by atoms with Gasteiger partial charge < -0.3 is 10.2 Å². The second-order valence-electron chi connectivity index (χ2n) is 5.25. The SMILES string of the molecule is CCC1C(=O)NC2(CCCC2)C(=O)N1CC(F)(F)F. The van der Waals surface area contributed by atoms with Gasteiger partial charge in [0.1, 0.15) is 18.1 Å². The number of piperazine rings is 1. The number of carbonyl (C=O) groups is 2. The fraction of sp³-hybridized carbons (Fsp3) is 0.833. The van der Waals surface area contributed by atoms with Crippen molar-refractivity contribution in [1.82, 2.24) is 10.2 Å². The summed E-state index contributed by atoms with van der Waals surface area (Å²) in [6.45, 7) is 0.257. The van der Waals surface area contributed by atoms with Crippen molar-refractivity contribution in [2.75, 3.05) is 6.54 Å². The molecule has 1 saturated carbocycles. The highest BCUT2D eigenvalue weighted by Crippen LogP contribution is 2.36. The first-order valence-electron chi connectivity index (χ1n) is 6.49. The fourth-order valence-corrected chi connectivity index (χ4v) is 3.03. The van der Waals surface area contributed by atoms with Gasteiger partial charge in [-0.2, -0.15) is 13.2 Å². The van der Waals surface area contributed by atoms with Gasteiger partial charge in [-0.25, -0.2) is 0 Å². The molecule has 1 saturated heterocycles. The molecule has 7 heteroatoms. The number of amides is 2. The van der Waals surface area contributed by atoms with Gasteiger partial charge in [0, 0.05) is 0 Å². The molecule has 0 aromatic carbocycles. The van der Waals surface area contributed by atoms with Crippen molar-refractivity contribution in [2.24, 2.45) is 0 Å². The lowest BCUT2D eigenvalue weighted by atomic mass is 9.90. The second kappa shape index (κ2) is 4.68. The predicted molar refractivity (Wildman–Crippen MR) is 61.2 cm³/mol. The summed E-state index contributed by atoms with van der Waals surface area (Å²) in [6, 6.07) is -1.01. The predicted octanol–water partition coefficient (Wildman–Crippen LogP) is 1.60. The molecule has 108 valence electrons. The van der Waals surface area contributed by atoms with Crippen LogP contribution in [0.4, 0.5) is 13.2 Å². The zero-order valence-corrected chi connectivity index (χ0v) is 10.7. The van der Waals surface area contributed by atoms with Gasteiger partial charge >= 0.3 is 6.18 Å². The van der Waals surface area contributed by atoms with Crippen LogP contribution in [0.25, 0.3) is 0 Å². The minimum absolute atomic E-state index is 0.184. The van der Waals surface area contributed by atoms with E-state index in [2.05, 4.69) is 5.32 Å². The molecule has 19 heavy (non-hydrogen) atoms. The monoisotopic (exact) mass is 278 g/mol. The van der Waals surface area contributed by atoms with E-state index in [1.807, 2.05) is 0 Å². The minimum atomic E-state index is -4.49. The van der Waals surface area contributed by atoms with E-state index >= 15 is 0 Å². The van der Waals surface area contributed by atoms with Crippen LogP contribution >= 0.6 is 0 Å². The molecule has 0 radical (unpaired) electrons. The van der Waals surface area contributed by atoms with Crippen LogP contribution < -0.4 is 5.32 Å². The average Bonchev–Trinajstić information content (AvgIpc) is 2.74. The molecule has 0 aromatic heterocycles. The van der Waals surface area contributed by atoms with Gasteiger partial charge in [-0.1, -0.05) is 19.8 Å². The van der Waals surface area contributed by atoms with Crippen molar-refractivity contribution in [1.29, 1.82) is 0 Å². The summed E-state index contributed by atoms with van der Waals surface area (Å²) in [7, 11) is 0. The van der Waals surface area contributed by atoms with Gasteiger partial charge in [0.05, 0.1) is 0 Å². The molecule has 1 spiro atoms. The summed E-state index contributed by atoms with van der Waals surface area (Å²) in [6.07, 6.45) is -1.93. The molecule has 1 aliphatic heterocycles. The number of nitrogens with one attached hydrogen (secondary N) is 1. The Morgan fingerprint density at radius 2 is 1.89 bits per heavy atom. The van der Waals surface area contributed by atoms with Gasteiger partial charge in [0.25, 0.3) is 0 Å². The maximum atomic E-state index is 12.6. The Balaban J connectivity index is 2.29. The summed E-state index contributed by atoms with van der Waals surface area (Å²) < 4.78 is 37.8. The molecule has 0 aromatic rings. The van der Waals surface area contributed by atoms with E-state index in [-0.39, 0.29) is 6.42 Å². The zero-order chi connectivity index (χ0) is 14.3. The summed E-state index contributed by atoms with van der Waals surface area (Å²) in [5, 5.41) is 2.66. The molecule has 1 N–H and O–H groups in total. The number of carbonyl (C=O) groups excluding carboxylic acids is 2. The molecule has 4 nitrogen and oxygen atoms in total. The van der Waals surface area contributed by atoms with Crippen molar-refractivity contribution in [3.63, 3.8) is 0 Å². The lowest BCUT2D eigenvalue weighted by molar-refractivity contribution is -0.178. The van der Waals surface area contributed by atoms with E-state index in [4.69, 9.17) is 0 Å². The lowest BCUT2D eigenvalue weighted by Crippen LogP contribution is -2.70. The van der Waals surface area contributed by atoms with Crippen LogP contribution in [0.5, 0.6) is 0 Å². The third-order valence-electron chi connectivity index (χ3n) is 3.91. The van der Waals surface area contributed by atoms with Crippen LogP contribution in [0, 0.1) is 0 Å². The third kappa shape index (κ3) is 2.55. The summed E-state index contributed by atoms with van der Waals surface area (Å²) in [4.78, 5) is 25.0. The van der Waals surface area contributed by atoms with E-state index in [0.29, 0.717) is 17.7 Å². The van der Waals surface area contributed by atoms with E-state index in [1.165, 1.54) is 0 Å². The first-order chi connectivity index (χ1) is 8.79. The Bertz CT molecular complexity index is 389. The van der Waals surface area contributed by atoms with Gasteiger partial charge in [0.2, 0.25) is 11.8 Å². The largest absolute Gasteiger partial charge is 0.406 e. The normalized spacial score (nSPS) is 26.9. The number of hydrogen-bond acceptors (Lipinski definition) is 2. The van der Waals surface area contributed by atoms with Crippen molar-refractivity contribution in [2.45, 2.75) is 56.8 Å². The highest BCUT2D eigenvalue weighted by Gasteiger charge is 2.53. The molecule has 0 bridgehead atoms. The quantitative estimate of drug-likeness (QED) is 0.834. The van der Waals surface area contributed by atoms with Crippen molar-refractivity contribution >= 4 is 11.8 Å². The summed E-state index contributed by atoms with van der Waals surface area (Å²) in [5.74, 6) is -1.04. The fourth-order valence-electron chi connectivity index (χ4n) is 3.03. The van der Waals surface area contributed by atoms with Gasteiger partial charge in [-0.15, -0.1) is 0 Å². The van der Waals surface area contributed by atoms with Crippen LogP contribution in [0.3, 0.4) is 0 Å². The lowest BCUT2D eigenvalue weighted by Gasteiger charge is -2.44. The Kier molecular flexibility index (Phi) is 3.49. The van der Waals surface area contributed by atoms with Crippen LogP contribution in [0.1, 0.15) is 39.0 Å². The Hall–Kier alpha value is -1.27. The topological polar surface area (TPSA) is 49.4 Å². The van der Waals surface area contributed by atoms with Gasteiger partial charge in [0.15, 0.2) is 0 Å². The van der Waals surface area contributed by atoms with Gasteiger partial charge in [-0.3, -0.25) is 9.59 Å². The van der Waals surface area contributed by atoms with Crippen molar-refractivity contribution in [3.8, 4) is 0 Å². The zero-order valence-electron chi connectivity index (χ0n) is 10.7. The molecule has 1 unspecified atom stereocenters. The Morgan fingerprint density at radius 1 is 1.32 bits per heavy atom. The maximum Gasteiger partial charge on any atom is 0.406 e. The van der Waals surface area contributed by atoms with Crippen molar-refractivity contribution < 1.29 is 22.8 Å². The molecule has 2 amide bonds. The number of nitrogens with zero attached hydrogens (tertiary/aromatic N) is 1. The standard InChI is InChI=1S/C12H17F3N2O2/c1-2-8-9(18)16-11(5-3-4-6-11)10(19)17(8)7-12(13,14)15/h8H,2-7H2,1H3,(H,16,18). The Morgan fingerprint density at radius 3 is 2.37 bits per heavy atom. The van der Waals surface area contributed by atoms with Crippen LogP contribution in [-0.2, 0) is 9.59 Å². The highest BCUT2D eigenvalue weighted by molar-refractivity contribution is 6.00. The molecule has 2 rings (SSSR count). The van der Waals surface area contributed by atoms with Crippen molar-refractivity contribution in [3.05, 3.63) is 0 Å². The molecule has 1 heterocycles. The number of halogens is 3. The molecular formula is C12H17F3N2O2. The maximum absolute atomic E-state index is 12.6. The molecule has 1 atom stereocenters. The molecular weight excluding hydrogens is 261 g/mol. The van der Waals surface area contributed by atoms with Crippen LogP contribution in [0.2, 0.25) is 0 Å². The summed E-state index contributed by atoms with van der Waals surface area (Å²) >= 11 is 0.